The maximum atomic E-state index is 14.0. The van der Waals surface area contributed by atoms with Crippen molar-refractivity contribution >= 4 is 39.1 Å². The molecule has 0 unspecified atom stereocenters. The molecule has 0 radical (unpaired) electrons. The second kappa shape index (κ2) is 14.3. The summed E-state index contributed by atoms with van der Waals surface area (Å²) in [6.45, 7) is 7.95. The maximum Gasteiger partial charge on any atom is 0.264 e. The minimum absolute atomic E-state index is 0.0199. The Morgan fingerprint density at radius 1 is 0.925 bits per heavy atom. The lowest BCUT2D eigenvalue weighted by atomic mass is 10.1. The zero-order valence-corrected chi connectivity index (χ0v) is 25.1. The van der Waals surface area contributed by atoms with Crippen LogP contribution in [0.25, 0.3) is 0 Å². The van der Waals surface area contributed by atoms with Gasteiger partial charge < -0.3 is 10.2 Å². The Balaban J connectivity index is 2.02. The number of carbonyl (C=O) groups is 2. The van der Waals surface area contributed by atoms with Gasteiger partial charge in [0.2, 0.25) is 11.8 Å². The Morgan fingerprint density at radius 3 is 2.20 bits per heavy atom. The molecule has 0 aliphatic rings. The van der Waals surface area contributed by atoms with Gasteiger partial charge in [-0.15, -0.1) is 0 Å². The maximum absolute atomic E-state index is 14.0. The van der Waals surface area contributed by atoms with Crippen molar-refractivity contribution in [1.82, 2.24) is 10.2 Å². The number of hydrogen-bond donors (Lipinski definition) is 1. The van der Waals surface area contributed by atoms with Crippen molar-refractivity contribution in [3.8, 4) is 0 Å². The van der Waals surface area contributed by atoms with Crippen molar-refractivity contribution < 1.29 is 18.0 Å². The highest BCUT2D eigenvalue weighted by Crippen LogP contribution is 2.27. The highest BCUT2D eigenvalue weighted by atomic mass is 35.5. The minimum Gasteiger partial charge on any atom is -0.354 e. The van der Waals surface area contributed by atoms with E-state index in [0.717, 1.165) is 27.4 Å². The second-order valence-electron chi connectivity index (χ2n) is 9.77. The average molecular weight is 584 g/mol. The van der Waals surface area contributed by atoms with Gasteiger partial charge in [-0.25, -0.2) is 8.42 Å². The zero-order valence-electron chi connectivity index (χ0n) is 23.6. The van der Waals surface area contributed by atoms with Gasteiger partial charge in [-0.1, -0.05) is 61.8 Å². The van der Waals surface area contributed by atoms with Crippen molar-refractivity contribution in [2.75, 3.05) is 23.9 Å². The zero-order chi connectivity index (χ0) is 29.3. The van der Waals surface area contributed by atoms with E-state index in [1.54, 1.807) is 12.1 Å². The molecule has 214 valence electrons. The third-order valence-electron chi connectivity index (χ3n) is 6.88. The van der Waals surface area contributed by atoms with Crippen LogP contribution in [0.1, 0.15) is 43.4 Å². The van der Waals surface area contributed by atoms with Gasteiger partial charge in [0.05, 0.1) is 10.6 Å². The van der Waals surface area contributed by atoms with Crippen LogP contribution in [0.15, 0.2) is 77.7 Å². The first kappa shape index (κ1) is 31.2. The Hall–Kier alpha value is -3.36. The van der Waals surface area contributed by atoms with E-state index in [0.29, 0.717) is 30.1 Å². The van der Waals surface area contributed by atoms with Gasteiger partial charge in [-0.2, -0.15) is 0 Å². The molecule has 0 bridgehead atoms. The van der Waals surface area contributed by atoms with Crippen LogP contribution in [0.4, 0.5) is 5.69 Å². The molecule has 0 aliphatic carbocycles. The largest absolute Gasteiger partial charge is 0.354 e. The summed E-state index contributed by atoms with van der Waals surface area (Å²) in [6.07, 6.45) is 1.68. The number of rotatable bonds is 13. The Labute approximate surface area is 243 Å². The molecule has 0 aliphatic heterocycles. The molecule has 7 nitrogen and oxygen atoms in total. The van der Waals surface area contributed by atoms with Crippen LogP contribution in [-0.2, 0) is 26.0 Å². The molecule has 1 atom stereocenters. The molecule has 0 heterocycles. The van der Waals surface area contributed by atoms with E-state index in [-0.39, 0.29) is 17.3 Å². The summed E-state index contributed by atoms with van der Waals surface area (Å²) < 4.78 is 29.0. The van der Waals surface area contributed by atoms with E-state index in [9.17, 15) is 18.0 Å². The highest BCUT2D eigenvalue weighted by molar-refractivity contribution is 7.92. The summed E-state index contributed by atoms with van der Waals surface area (Å²) in [5, 5.41) is 3.31. The first-order chi connectivity index (χ1) is 19.1. The summed E-state index contributed by atoms with van der Waals surface area (Å²) >= 11 is 6.02. The van der Waals surface area contributed by atoms with Crippen LogP contribution in [0.2, 0.25) is 5.02 Å². The molecule has 0 spiro atoms. The monoisotopic (exact) mass is 583 g/mol. The predicted molar refractivity (Wildman–Crippen MR) is 161 cm³/mol. The number of benzene rings is 3. The van der Waals surface area contributed by atoms with Gasteiger partial charge in [0.25, 0.3) is 10.0 Å². The molecule has 0 saturated heterocycles. The molecule has 3 aromatic rings. The second-order valence-corrected chi connectivity index (χ2v) is 12.1. The summed E-state index contributed by atoms with van der Waals surface area (Å²) in [5.74, 6) is -0.700. The fourth-order valence-electron chi connectivity index (χ4n) is 4.41. The van der Waals surface area contributed by atoms with Crippen LogP contribution in [0, 0.1) is 13.8 Å². The van der Waals surface area contributed by atoms with E-state index >= 15 is 0 Å². The lowest BCUT2D eigenvalue weighted by Crippen LogP contribution is -2.53. The minimum atomic E-state index is -4.14. The topological polar surface area (TPSA) is 86.8 Å². The number of aryl methyl sites for hydroxylation is 2. The number of amides is 2. The summed E-state index contributed by atoms with van der Waals surface area (Å²) in [7, 11) is -4.14. The lowest BCUT2D eigenvalue weighted by Gasteiger charge is -2.33. The van der Waals surface area contributed by atoms with Crippen LogP contribution in [0.3, 0.4) is 0 Å². The molecule has 9 heteroatoms. The Morgan fingerprint density at radius 2 is 1.60 bits per heavy atom. The predicted octanol–water partition coefficient (Wildman–Crippen LogP) is 5.53. The molecule has 2 amide bonds. The van der Waals surface area contributed by atoms with Crippen molar-refractivity contribution in [3.05, 3.63) is 94.5 Å². The Bertz CT molecular complexity index is 1400. The van der Waals surface area contributed by atoms with Crippen LogP contribution >= 0.6 is 11.6 Å². The number of nitrogens with one attached hydrogen (secondary N) is 1. The average Bonchev–Trinajstić information content (AvgIpc) is 2.94. The molecule has 3 rings (SSSR count). The van der Waals surface area contributed by atoms with Crippen LogP contribution in [0.5, 0.6) is 0 Å². The third-order valence-corrected chi connectivity index (χ3v) is 8.92. The van der Waals surface area contributed by atoms with E-state index in [1.165, 1.54) is 29.2 Å². The Kier molecular flexibility index (Phi) is 11.2. The molecular formula is C31H38ClN3O4S. The standard InChI is InChI=1S/C31H38ClN3O4S/c1-5-19-33-31(37)29(6-2)34(20-18-25-10-8-7-9-11-25)30(36)22-35(27-15-12-23(3)24(4)21-27)40(38,39)28-16-13-26(32)14-17-28/h7-17,21,29H,5-6,18-20,22H2,1-4H3,(H,33,37)/t29-/m0/s1. The van der Waals surface area contributed by atoms with Crippen LogP contribution in [-0.4, -0.2) is 50.8 Å². The number of sulfonamides is 1. The van der Waals surface area contributed by atoms with Gasteiger partial charge in [-0.3, -0.25) is 13.9 Å². The first-order valence-electron chi connectivity index (χ1n) is 13.5. The van der Waals surface area contributed by atoms with Gasteiger partial charge in [0, 0.05) is 18.1 Å². The summed E-state index contributed by atoms with van der Waals surface area (Å²) in [5.41, 5.74) is 3.29. The van der Waals surface area contributed by atoms with E-state index in [2.05, 4.69) is 5.32 Å². The molecule has 40 heavy (non-hydrogen) atoms. The number of hydrogen-bond acceptors (Lipinski definition) is 4. The van der Waals surface area contributed by atoms with Gasteiger partial charge in [0.15, 0.2) is 0 Å². The van der Waals surface area contributed by atoms with E-state index < -0.39 is 28.5 Å². The summed E-state index contributed by atoms with van der Waals surface area (Å²) in [6, 6.07) is 20.1. The third kappa shape index (κ3) is 7.86. The molecule has 1 N–H and O–H groups in total. The van der Waals surface area contributed by atoms with Crippen LogP contribution < -0.4 is 9.62 Å². The first-order valence-corrected chi connectivity index (χ1v) is 15.4. The fraction of sp³-hybridized carbons (Fsp3) is 0.355. The van der Waals surface area contributed by atoms with Gasteiger partial charge in [-0.05, 0) is 86.2 Å². The number of carbonyl (C=O) groups excluding carboxylic acids is 2. The van der Waals surface area contributed by atoms with Gasteiger partial charge >= 0.3 is 0 Å². The van der Waals surface area contributed by atoms with Crippen molar-refractivity contribution in [3.63, 3.8) is 0 Å². The van der Waals surface area contributed by atoms with Gasteiger partial charge in [0.1, 0.15) is 12.6 Å². The number of nitrogens with zero attached hydrogens (tertiary/aromatic N) is 2. The van der Waals surface area contributed by atoms with Crippen molar-refractivity contribution in [2.24, 2.45) is 0 Å². The van der Waals surface area contributed by atoms with Crippen molar-refractivity contribution in [2.45, 2.75) is 57.9 Å². The number of halogens is 1. The smallest absolute Gasteiger partial charge is 0.264 e. The molecule has 0 aromatic heterocycles. The van der Waals surface area contributed by atoms with E-state index in [1.807, 2.05) is 64.1 Å². The SMILES string of the molecule is CCCNC(=O)[C@H](CC)N(CCc1ccccc1)C(=O)CN(c1ccc(C)c(C)c1)S(=O)(=O)c1ccc(Cl)cc1. The summed E-state index contributed by atoms with van der Waals surface area (Å²) in [4.78, 5) is 28.7. The van der Waals surface area contributed by atoms with E-state index in [4.69, 9.17) is 11.6 Å². The number of anilines is 1. The lowest BCUT2D eigenvalue weighted by molar-refractivity contribution is -0.139. The quantitative estimate of drug-likeness (QED) is 0.287. The molecule has 0 saturated carbocycles. The molecule has 3 aromatic carbocycles. The molecular weight excluding hydrogens is 546 g/mol. The normalized spacial score (nSPS) is 12.0. The molecule has 0 fully saturated rings. The fourth-order valence-corrected chi connectivity index (χ4v) is 5.94. The van der Waals surface area contributed by atoms with Crippen molar-refractivity contribution in [1.29, 1.82) is 0 Å². The highest BCUT2D eigenvalue weighted by Gasteiger charge is 2.33.